The number of ether oxygens (including phenoxy) is 3. The van der Waals surface area contributed by atoms with Crippen LogP contribution < -0.4 is 0 Å². The Hall–Kier alpha value is -3.67. The lowest BCUT2D eigenvalue weighted by molar-refractivity contribution is -0.166. The molecule has 0 aromatic heterocycles. The van der Waals surface area contributed by atoms with E-state index in [1.54, 1.807) is 0 Å². The summed E-state index contributed by atoms with van der Waals surface area (Å²) in [5.74, 6) is -1.01. The molecule has 0 aliphatic rings. The molecule has 0 aromatic carbocycles. The molecule has 1 unspecified atom stereocenters. The number of hydrogen-bond acceptors (Lipinski definition) is 6. The molecule has 69 heavy (non-hydrogen) atoms. The third-order valence-corrected chi connectivity index (χ3v) is 12.0. The zero-order chi connectivity index (χ0) is 50.0. The lowest BCUT2D eigenvalue weighted by Gasteiger charge is -2.18. The highest BCUT2D eigenvalue weighted by Crippen LogP contribution is 2.15. The van der Waals surface area contributed by atoms with Crippen molar-refractivity contribution in [3.63, 3.8) is 0 Å². The van der Waals surface area contributed by atoms with E-state index in [2.05, 4.69) is 106 Å². The van der Waals surface area contributed by atoms with Crippen molar-refractivity contribution in [2.75, 3.05) is 13.2 Å². The highest BCUT2D eigenvalue weighted by atomic mass is 16.6. The largest absolute Gasteiger partial charge is 0.462 e. The maximum absolute atomic E-state index is 12.8. The Morgan fingerprint density at radius 3 is 1.00 bits per heavy atom. The third-order valence-electron chi connectivity index (χ3n) is 12.0. The van der Waals surface area contributed by atoms with Crippen molar-refractivity contribution < 1.29 is 28.6 Å². The van der Waals surface area contributed by atoms with Crippen molar-refractivity contribution in [1.82, 2.24) is 0 Å². The van der Waals surface area contributed by atoms with Gasteiger partial charge in [-0.25, -0.2) is 0 Å². The van der Waals surface area contributed by atoms with Crippen LogP contribution in [0.5, 0.6) is 0 Å². The van der Waals surface area contributed by atoms with Crippen molar-refractivity contribution >= 4 is 17.9 Å². The van der Waals surface area contributed by atoms with Gasteiger partial charge in [-0.15, -0.1) is 0 Å². The Morgan fingerprint density at radius 1 is 0.304 bits per heavy atom. The van der Waals surface area contributed by atoms with Gasteiger partial charge >= 0.3 is 17.9 Å². The fourth-order valence-electron chi connectivity index (χ4n) is 7.76. The summed E-state index contributed by atoms with van der Waals surface area (Å²) in [4.78, 5) is 38.0. The van der Waals surface area contributed by atoms with Crippen molar-refractivity contribution in [1.29, 1.82) is 0 Å². The lowest BCUT2D eigenvalue weighted by Crippen LogP contribution is -2.30. The van der Waals surface area contributed by atoms with E-state index in [-0.39, 0.29) is 31.6 Å². The standard InChI is InChI=1S/C63H106O6/c1-4-7-10-13-16-19-22-25-26-27-28-29-30-31-32-33-34-35-36-39-41-44-47-50-53-56-62(65)68-59-60(69-63(66)57-54-51-48-45-42-38-24-21-18-15-12-9-6-3)58-67-61(64)55-52-49-46-43-40-37-23-20-17-14-11-8-5-2/h9,11-12,14,18,20-23,25,27-28,38,42,48,51,60H,4-8,10,13,15-17,19,24,26,29-37,39-41,43-47,49-50,52-59H2,1-3H3/b12-9-,14-11-,21-18-,23-20-,25-22-,28-27-,42-38-,51-48-. The number of allylic oxidation sites excluding steroid dienone is 16. The Balaban J connectivity index is 4.32. The molecule has 0 aromatic rings. The smallest absolute Gasteiger partial charge is 0.306 e. The second-order valence-electron chi connectivity index (χ2n) is 18.8. The molecule has 0 aliphatic carbocycles. The molecule has 394 valence electrons. The van der Waals surface area contributed by atoms with E-state index in [0.717, 1.165) is 103 Å². The van der Waals surface area contributed by atoms with Crippen molar-refractivity contribution in [3.8, 4) is 0 Å². The number of esters is 3. The SMILES string of the molecule is CC/C=C\C/C=C\C/C=C\C/C=C\CCC(=O)OC(COC(=O)CCCCCCC/C=C\C/C=C\CCC)COC(=O)CCCCCCCCCCCCCCC/C=C\C/C=C\CCCCCCC. The van der Waals surface area contributed by atoms with E-state index in [1.165, 1.54) is 116 Å². The highest BCUT2D eigenvalue weighted by molar-refractivity contribution is 5.71. The molecule has 0 bridgehead atoms. The van der Waals surface area contributed by atoms with Crippen LogP contribution in [-0.4, -0.2) is 37.2 Å². The van der Waals surface area contributed by atoms with Crippen LogP contribution in [0.3, 0.4) is 0 Å². The topological polar surface area (TPSA) is 78.9 Å². The van der Waals surface area contributed by atoms with E-state index in [1.807, 2.05) is 12.2 Å². The van der Waals surface area contributed by atoms with Crippen LogP contribution in [0.4, 0.5) is 0 Å². The minimum atomic E-state index is -0.822. The van der Waals surface area contributed by atoms with E-state index < -0.39 is 12.1 Å². The van der Waals surface area contributed by atoms with Gasteiger partial charge in [0.05, 0.1) is 0 Å². The van der Waals surface area contributed by atoms with Crippen molar-refractivity contribution in [3.05, 3.63) is 97.2 Å². The maximum atomic E-state index is 12.8. The van der Waals surface area contributed by atoms with E-state index in [4.69, 9.17) is 14.2 Å². The fraction of sp³-hybridized carbons (Fsp3) is 0.698. The second kappa shape index (κ2) is 56.9. The van der Waals surface area contributed by atoms with Crippen LogP contribution in [0.1, 0.15) is 265 Å². The Kier molecular flexibility index (Phi) is 53.9. The van der Waals surface area contributed by atoms with Crippen LogP contribution in [0.15, 0.2) is 97.2 Å². The summed E-state index contributed by atoms with van der Waals surface area (Å²) in [6.07, 6.45) is 75.7. The molecule has 1 atom stereocenters. The summed E-state index contributed by atoms with van der Waals surface area (Å²) < 4.78 is 16.7. The second-order valence-corrected chi connectivity index (χ2v) is 18.8. The molecule has 0 fully saturated rings. The Labute approximate surface area is 426 Å². The number of carbonyl (C=O) groups is 3. The van der Waals surface area contributed by atoms with Gasteiger partial charge in [-0.3, -0.25) is 14.4 Å². The molecule has 0 amide bonds. The number of rotatable bonds is 51. The lowest BCUT2D eigenvalue weighted by atomic mass is 10.0. The first-order valence-electron chi connectivity index (χ1n) is 28.7. The van der Waals surface area contributed by atoms with Gasteiger partial charge in [-0.2, -0.15) is 0 Å². The monoisotopic (exact) mass is 959 g/mol. The first-order valence-corrected chi connectivity index (χ1v) is 28.7. The molecule has 0 spiro atoms. The third kappa shape index (κ3) is 55.1. The van der Waals surface area contributed by atoms with Gasteiger partial charge in [0.2, 0.25) is 0 Å². The van der Waals surface area contributed by atoms with Gasteiger partial charge in [0.1, 0.15) is 13.2 Å². The van der Waals surface area contributed by atoms with Crippen molar-refractivity contribution in [2.24, 2.45) is 0 Å². The van der Waals surface area contributed by atoms with E-state index in [9.17, 15) is 14.4 Å². The zero-order valence-electron chi connectivity index (χ0n) is 45.0. The average Bonchev–Trinajstić information content (AvgIpc) is 3.35. The van der Waals surface area contributed by atoms with Crippen molar-refractivity contribution in [2.45, 2.75) is 271 Å². The molecular formula is C63H106O6. The fourth-order valence-corrected chi connectivity index (χ4v) is 7.76. The molecule has 0 heterocycles. The highest BCUT2D eigenvalue weighted by Gasteiger charge is 2.19. The summed E-state index contributed by atoms with van der Waals surface area (Å²) >= 11 is 0. The summed E-state index contributed by atoms with van der Waals surface area (Å²) in [7, 11) is 0. The minimum Gasteiger partial charge on any atom is -0.462 e. The van der Waals surface area contributed by atoms with Crippen LogP contribution in [-0.2, 0) is 28.6 Å². The molecule has 0 radical (unpaired) electrons. The Morgan fingerprint density at radius 2 is 0.623 bits per heavy atom. The first-order chi connectivity index (χ1) is 34.0. The van der Waals surface area contributed by atoms with Gasteiger partial charge in [0, 0.05) is 19.3 Å². The average molecular weight is 960 g/mol. The van der Waals surface area contributed by atoms with Crippen LogP contribution in [0.25, 0.3) is 0 Å². The minimum absolute atomic E-state index is 0.111. The summed E-state index contributed by atoms with van der Waals surface area (Å²) in [6.45, 7) is 6.38. The van der Waals surface area contributed by atoms with Gasteiger partial charge in [0.25, 0.3) is 0 Å². The molecule has 0 saturated heterocycles. The van der Waals surface area contributed by atoms with Crippen LogP contribution >= 0.6 is 0 Å². The number of unbranched alkanes of at least 4 members (excludes halogenated alkanes) is 24. The van der Waals surface area contributed by atoms with E-state index in [0.29, 0.717) is 19.3 Å². The van der Waals surface area contributed by atoms with Gasteiger partial charge in [-0.1, -0.05) is 240 Å². The Bertz CT molecular complexity index is 1380. The zero-order valence-corrected chi connectivity index (χ0v) is 45.0. The molecular weight excluding hydrogens is 853 g/mol. The quantitative estimate of drug-likeness (QED) is 0.0262. The van der Waals surface area contributed by atoms with Gasteiger partial charge in [0.15, 0.2) is 6.10 Å². The first kappa shape index (κ1) is 65.3. The van der Waals surface area contributed by atoms with E-state index >= 15 is 0 Å². The van der Waals surface area contributed by atoms with Crippen LogP contribution in [0, 0.1) is 0 Å². The normalized spacial score (nSPS) is 12.8. The maximum Gasteiger partial charge on any atom is 0.306 e. The molecule has 0 aliphatic heterocycles. The predicted octanol–water partition coefficient (Wildman–Crippen LogP) is 19.3. The van der Waals surface area contributed by atoms with Gasteiger partial charge < -0.3 is 14.2 Å². The summed E-state index contributed by atoms with van der Waals surface area (Å²) in [6, 6.07) is 0. The molecule has 0 rings (SSSR count). The van der Waals surface area contributed by atoms with Crippen LogP contribution in [0.2, 0.25) is 0 Å². The molecule has 6 nitrogen and oxygen atoms in total. The predicted molar refractivity (Wildman–Crippen MR) is 297 cm³/mol. The molecule has 0 saturated carbocycles. The van der Waals surface area contributed by atoms with Gasteiger partial charge in [-0.05, 0) is 103 Å². The molecule has 0 N–H and O–H groups in total. The molecule has 6 heteroatoms. The number of hydrogen-bond donors (Lipinski definition) is 0. The summed E-state index contributed by atoms with van der Waals surface area (Å²) in [5, 5.41) is 0. The number of carbonyl (C=O) groups excluding carboxylic acids is 3. The summed E-state index contributed by atoms with van der Waals surface area (Å²) in [5.41, 5.74) is 0.